The second kappa shape index (κ2) is 7.24. The lowest BCUT2D eigenvalue weighted by Gasteiger charge is -2.29. The largest absolute Gasteiger partial charge is 0.394 e. The van der Waals surface area contributed by atoms with Crippen molar-refractivity contribution in [1.82, 2.24) is 0 Å². The van der Waals surface area contributed by atoms with Crippen LogP contribution in [0.5, 0.6) is 0 Å². The summed E-state index contributed by atoms with van der Waals surface area (Å²) in [6.07, 6.45) is 3.28. The number of aliphatic hydroxyl groups excluding tert-OH is 1. The molecule has 4 heteroatoms. The van der Waals surface area contributed by atoms with Crippen molar-refractivity contribution in [3.8, 4) is 0 Å². The molecule has 0 bridgehead atoms. The van der Waals surface area contributed by atoms with E-state index in [1.54, 1.807) is 17.4 Å². The molecule has 1 aliphatic heterocycles. The van der Waals surface area contributed by atoms with Crippen molar-refractivity contribution in [1.29, 1.82) is 0 Å². The van der Waals surface area contributed by atoms with Crippen molar-refractivity contribution < 1.29 is 14.2 Å². The minimum absolute atomic E-state index is 0.0480. The first kappa shape index (κ1) is 16.7. The van der Waals surface area contributed by atoms with Crippen LogP contribution in [0, 0.1) is 5.82 Å². The van der Waals surface area contributed by atoms with Crippen LogP contribution in [0.25, 0.3) is 10.1 Å². The molecule has 0 amide bonds. The fourth-order valence-electron chi connectivity index (χ4n) is 3.52. The average Bonchev–Trinajstić information content (AvgIpc) is 3.06. The molecule has 0 unspecified atom stereocenters. The first-order chi connectivity index (χ1) is 12.2. The number of rotatable bonds is 4. The summed E-state index contributed by atoms with van der Waals surface area (Å²) < 4.78 is 21.5. The van der Waals surface area contributed by atoms with E-state index in [1.165, 1.54) is 10.1 Å². The molecule has 2 aromatic carbocycles. The molecule has 130 valence electrons. The first-order valence-electron chi connectivity index (χ1n) is 8.75. The van der Waals surface area contributed by atoms with E-state index in [2.05, 4.69) is 18.2 Å². The summed E-state index contributed by atoms with van der Waals surface area (Å²) in [5.74, 6) is -0.171. The van der Waals surface area contributed by atoms with Gasteiger partial charge in [-0.2, -0.15) is 0 Å². The molecular weight excluding hydrogens is 335 g/mol. The van der Waals surface area contributed by atoms with Crippen LogP contribution >= 0.6 is 11.3 Å². The zero-order chi connectivity index (χ0) is 17.2. The highest BCUT2D eigenvalue weighted by Gasteiger charge is 2.23. The van der Waals surface area contributed by atoms with Gasteiger partial charge < -0.3 is 9.84 Å². The number of benzene rings is 2. The van der Waals surface area contributed by atoms with Crippen LogP contribution in [-0.2, 0) is 11.2 Å². The van der Waals surface area contributed by atoms with Crippen LogP contribution in [0.2, 0.25) is 0 Å². The van der Waals surface area contributed by atoms with Crippen molar-refractivity contribution in [3.63, 3.8) is 0 Å². The Morgan fingerprint density at radius 1 is 1.12 bits per heavy atom. The Kier molecular flexibility index (Phi) is 4.84. The van der Waals surface area contributed by atoms with E-state index in [-0.39, 0.29) is 24.6 Å². The SMILES string of the molecule is OC[C@@H]1CCC[C@H](c2ccc(F)c(Cc3cc4ccccc4s3)c2)O1. The predicted octanol–water partition coefficient (Wildman–Crippen LogP) is 5.23. The molecule has 3 aromatic rings. The maximum atomic E-state index is 14.3. The van der Waals surface area contributed by atoms with E-state index in [4.69, 9.17) is 4.74 Å². The molecule has 25 heavy (non-hydrogen) atoms. The Morgan fingerprint density at radius 3 is 2.84 bits per heavy atom. The number of halogens is 1. The normalized spacial score (nSPS) is 20.9. The summed E-state index contributed by atoms with van der Waals surface area (Å²) in [7, 11) is 0. The fraction of sp³-hybridized carbons (Fsp3) is 0.333. The van der Waals surface area contributed by atoms with Crippen molar-refractivity contribution in [2.45, 2.75) is 37.9 Å². The van der Waals surface area contributed by atoms with Crippen LogP contribution in [0.4, 0.5) is 4.39 Å². The summed E-state index contributed by atoms with van der Waals surface area (Å²) in [6, 6.07) is 15.7. The van der Waals surface area contributed by atoms with E-state index in [0.29, 0.717) is 12.0 Å². The third kappa shape index (κ3) is 3.61. The highest BCUT2D eigenvalue weighted by molar-refractivity contribution is 7.19. The van der Waals surface area contributed by atoms with E-state index in [0.717, 1.165) is 29.7 Å². The van der Waals surface area contributed by atoms with Gasteiger partial charge in [-0.1, -0.05) is 24.3 Å². The van der Waals surface area contributed by atoms with Crippen LogP contribution in [0.1, 0.15) is 41.4 Å². The molecule has 0 radical (unpaired) electrons. The van der Waals surface area contributed by atoms with E-state index >= 15 is 0 Å². The van der Waals surface area contributed by atoms with E-state index in [1.807, 2.05) is 24.3 Å². The Morgan fingerprint density at radius 2 is 2.00 bits per heavy atom. The third-order valence-electron chi connectivity index (χ3n) is 4.84. The maximum Gasteiger partial charge on any atom is 0.126 e. The number of aliphatic hydroxyl groups is 1. The first-order valence-corrected chi connectivity index (χ1v) is 9.56. The molecule has 2 atom stereocenters. The molecule has 1 saturated heterocycles. The quantitative estimate of drug-likeness (QED) is 0.693. The number of ether oxygens (including phenoxy) is 1. The van der Waals surface area contributed by atoms with Crippen LogP contribution < -0.4 is 0 Å². The summed E-state index contributed by atoms with van der Waals surface area (Å²) in [5.41, 5.74) is 1.72. The van der Waals surface area contributed by atoms with Crippen LogP contribution in [0.3, 0.4) is 0 Å². The number of fused-ring (bicyclic) bond motifs is 1. The van der Waals surface area contributed by atoms with Gasteiger partial charge in [0.2, 0.25) is 0 Å². The van der Waals surface area contributed by atoms with Gasteiger partial charge in [0.05, 0.1) is 18.8 Å². The van der Waals surface area contributed by atoms with Crippen molar-refractivity contribution in [2.75, 3.05) is 6.61 Å². The van der Waals surface area contributed by atoms with Gasteiger partial charge >= 0.3 is 0 Å². The van der Waals surface area contributed by atoms with Gasteiger partial charge in [-0.15, -0.1) is 11.3 Å². The smallest absolute Gasteiger partial charge is 0.126 e. The van der Waals surface area contributed by atoms with Gasteiger partial charge in [0.15, 0.2) is 0 Å². The second-order valence-electron chi connectivity index (χ2n) is 6.64. The van der Waals surface area contributed by atoms with Crippen LogP contribution in [-0.4, -0.2) is 17.8 Å². The molecular formula is C21H21FO2S. The highest BCUT2D eigenvalue weighted by atomic mass is 32.1. The minimum atomic E-state index is -0.171. The summed E-state index contributed by atoms with van der Waals surface area (Å²) in [4.78, 5) is 1.16. The standard InChI is InChI=1S/C21H21FO2S/c22-19-9-8-14(20-6-3-5-17(13-23)24-20)10-16(19)12-18-11-15-4-1-2-7-21(15)25-18/h1-2,4,7-11,17,20,23H,3,5-6,12-13H2/t17-,20+/m0/s1. The van der Waals surface area contributed by atoms with Crippen molar-refractivity contribution in [3.05, 3.63) is 70.4 Å². The number of hydrogen-bond donors (Lipinski definition) is 1. The summed E-state index contributed by atoms with van der Waals surface area (Å²) >= 11 is 1.72. The molecule has 1 aromatic heterocycles. The van der Waals surface area contributed by atoms with Gasteiger partial charge in [-0.05, 0) is 60.0 Å². The maximum absolute atomic E-state index is 14.3. The molecule has 0 aliphatic carbocycles. The van der Waals surface area contributed by atoms with E-state index < -0.39 is 0 Å². The molecule has 0 spiro atoms. The van der Waals surface area contributed by atoms with Gasteiger partial charge in [-0.3, -0.25) is 0 Å². The van der Waals surface area contributed by atoms with Gasteiger partial charge in [-0.25, -0.2) is 4.39 Å². The Hall–Kier alpha value is -1.75. The summed E-state index contributed by atoms with van der Waals surface area (Å²) in [5, 5.41) is 10.5. The molecule has 0 saturated carbocycles. The third-order valence-corrected chi connectivity index (χ3v) is 5.95. The highest BCUT2D eigenvalue weighted by Crippen LogP contribution is 2.33. The van der Waals surface area contributed by atoms with Crippen LogP contribution in [0.15, 0.2) is 48.5 Å². The Balaban J connectivity index is 1.59. The van der Waals surface area contributed by atoms with Gasteiger partial charge in [0, 0.05) is 16.0 Å². The predicted molar refractivity (Wildman–Crippen MR) is 99.6 cm³/mol. The minimum Gasteiger partial charge on any atom is -0.394 e. The molecule has 2 heterocycles. The zero-order valence-electron chi connectivity index (χ0n) is 14.0. The number of thiophene rings is 1. The summed E-state index contributed by atoms with van der Waals surface area (Å²) in [6.45, 7) is 0.0480. The lowest BCUT2D eigenvalue weighted by molar-refractivity contribution is -0.0737. The molecule has 1 N–H and O–H groups in total. The van der Waals surface area contributed by atoms with Crippen molar-refractivity contribution in [2.24, 2.45) is 0 Å². The van der Waals surface area contributed by atoms with Gasteiger partial charge in [0.25, 0.3) is 0 Å². The zero-order valence-corrected chi connectivity index (χ0v) is 14.8. The van der Waals surface area contributed by atoms with Crippen molar-refractivity contribution >= 4 is 21.4 Å². The molecule has 1 fully saturated rings. The lowest BCUT2D eigenvalue weighted by Crippen LogP contribution is -2.25. The fourth-order valence-corrected chi connectivity index (χ4v) is 4.61. The molecule has 1 aliphatic rings. The monoisotopic (exact) mass is 356 g/mol. The number of hydrogen-bond acceptors (Lipinski definition) is 3. The lowest BCUT2D eigenvalue weighted by atomic mass is 9.96. The molecule has 4 rings (SSSR count). The second-order valence-corrected chi connectivity index (χ2v) is 7.81. The molecule has 2 nitrogen and oxygen atoms in total. The Bertz CT molecular complexity index is 840. The van der Waals surface area contributed by atoms with Gasteiger partial charge in [0.1, 0.15) is 5.82 Å². The van der Waals surface area contributed by atoms with E-state index in [9.17, 15) is 9.50 Å². The topological polar surface area (TPSA) is 29.5 Å². The Labute approximate surface area is 150 Å². The average molecular weight is 356 g/mol.